The topological polar surface area (TPSA) is 76.1 Å². The number of rotatable bonds is 6. The highest BCUT2D eigenvalue weighted by Crippen LogP contribution is 2.39. The molecule has 0 radical (unpaired) electrons. The number of nitrogens with one attached hydrogen (secondary N) is 1. The van der Waals surface area contributed by atoms with Gasteiger partial charge in [0, 0.05) is 62.8 Å². The molecule has 1 aromatic rings. The highest BCUT2D eigenvalue weighted by molar-refractivity contribution is 7.96. The zero-order valence-corrected chi connectivity index (χ0v) is 23.2. The van der Waals surface area contributed by atoms with Crippen LogP contribution in [0.5, 0.6) is 0 Å². The lowest BCUT2D eigenvalue weighted by Gasteiger charge is -2.45. The predicted molar refractivity (Wildman–Crippen MR) is 142 cm³/mol. The Balaban J connectivity index is 1.61. The van der Waals surface area contributed by atoms with Crippen LogP contribution in [0.2, 0.25) is 0 Å². The summed E-state index contributed by atoms with van der Waals surface area (Å²) in [4.78, 5) is 3.67. The number of benzene rings is 1. The van der Waals surface area contributed by atoms with E-state index in [1.165, 1.54) is 22.5 Å². The van der Waals surface area contributed by atoms with E-state index in [0.29, 0.717) is 25.6 Å². The van der Waals surface area contributed by atoms with E-state index < -0.39 is 40.1 Å². The number of nitrogens with zero attached hydrogens (tertiary/aromatic N) is 3. The Morgan fingerprint density at radius 1 is 1.05 bits per heavy atom. The van der Waals surface area contributed by atoms with Crippen LogP contribution in [0.25, 0.3) is 0 Å². The number of anilines is 1. The molecule has 2 aliphatic heterocycles. The number of aliphatic hydroxyl groups is 1. The van der Waals surface area contributed by atoms with E-state index >= 15 is 0 Å². The number of thiocarbonyl (C=S) groups is 1. The molecule has 0 amide bonds. The smallest absolute Gasteiger partial charge is 0.376 e. The molecule has 1 aliphatic carbocycles. The van der Waals surface area contributed by atoms with E-state index in [9.17, 15) is 39.9 Å². The third-order valence-corrected chi connectivity index (χ3v) is 9.93. The predicted octanol–water partition coefficient (Wildman–Crippen LogP) is 3.33. The van der Waals surface area contributed by atoms with E-state index in [0.717, 1.165) is 12.1 Å². The minimum atomic E-state index is -4.90. The largest absolute Gasteiger partial charge is 0.421 e. The maximum absolute atomic E-state index is 13.5. The molecule has 3 atom stereocenters. The van der Waals surface area contributed by atoms with Crippen molar-refractivity contribution in [3.8, 4) is 0 Å². The Morgan fingerprint density at radius 2 is 1.73 bits per heavy atom. The molecule has 0 spiro atoms. The van der Waals surface area contributed by atoms with Crippen molar-refractivity contribution < 1.29 is 39.9 Å². The molecule has 15 heteroatoms. The minimum absolute atomic E-state index is 0.00948. The van der Waals surface area contributed by atoms with Crippen LogP contribution in [0.4, 0.5) is 32.0 Å². The van der Waals surface area contributed by atoms with Gasteiger partial charge in [0.25, 0.3) is 0 Å². The third-order valence-electron chi connectivity index (χ3n) is 7.46. The molecule has 0 bridgehead atoms. The first-order valence-electron chi connectivity index (χ1n) is 12.6. The summed E-state index contributed by atoms with van der Waals surface area (Å²) in [5, 5.41) is 12.5. The lowest BCUT2D eigenvalue weighted by Crippen LogP contribution is -2.62. The summed E-state index contributed by atoms with van der Waals surface area (Å²) >= 11 is 5.26. The monoisotopic (exact) mass is 612 g/mol. The number of hydrogen-bond acceptors (Lipinski definition) is 7. The van der Waals surface area contributed by atoms with Crippen LogP contribution < -0.4 is 10.2 Å². The summed E-state index contributed by atoms with van der Waals surface area (Å²) in [5.41, 5.74) is -2.99. The summed E-state index contributed by atoms with van der Waals surface area (Å²) in [7, 11) is -3.98. The van der Waals surface area contributed by atoms with Crippen molar-refractivity contribution in [1.29, 1.82) is 0 Å². The first-order chi connectivity index (χ1) is 18.5. The van der Waals surface area contributed by atoms with Crippen LogP contribution in [0, 0.1) is 0 Å². The molecular weight excluding hydrogens is 582 g/mol. The molecule has 0 aromatic heterocycles. The highest BCUT2D eigenvalue weighted by atomic mass is 32.2. The summed E-state index contributed by atoms with van der Waals surface area (Å²) in [6.07, 6.45) is -4.29. The first kappa shape index (κ1) is 30.9. The van der Waals surface area contributed by atoms with Crippen LogP contribution in [0.1, 0.15) is 18.9 Å². The van der Waals surface area contributed by atoms with E-state index in [1.807, 2.05) is 0 Å². The number of halogens is 6. The number of alkyl halides is 6. The lowest BCUT2D eigenvalue weighted by atomic mass is 9.95. The van der Waals surface area contributed by atoms with Gasteiger partial charge in [0.2, 0.25) is 10.0 Å². The second-order valence-corrected chi connectivity index (χ2v) is 12.6. The highest BCUT2D eigenvalue weighted by Gasteiger charge is 2.51. The zero-order valence-electron chi connectivity index (χ0n) is 21.5. The van der Waals surface area contributed by atoms with Gasteiger partial charge < -0.3 is 15.3 Å². The van der Waals surface area contributed by atoms with Gasteiger partial charge in [-0.25, -0.2) is 8.42 Å². The normalized spacial score (nSPS) is 25.6. The van der Waals surface area contributed by atoms with Crippen LogP contribution >= 0.6 is 12.2 Å². The summed E-state index contributed by atoms with van der Waals surface area (Å²) in [6.45, 7) is 0.926. The van der Waals surface area contributed by atoms with E-state index in [1.54, 1.807) is 22.0 Å². The average Bonchev–Trinajstić information content (AvgIpc) is 2.88. The van der Waals surface area contributed by atoms with Crippen molar-refractivity contribution in [2.24, 2.45) is 0 Å². The van der Waals surface area contributed by atoms with Gasteiger partial charge in [-0.15, -0.1) is 0 Å². The second kappa shape index (κ2) is 11.3. The van der Waals surface area contributed by atoms with Gasteiger partial charge in [-0.3, -0.25) is 4.90 Å². The third kappa shape index (κ3) is 6.39. The number of allylic oxidation sites excluding steroid dienone is 4. The Labute approximate surface area is 234 Å². The van der Waals surface area contributed by atoms with Crippen molar-refractivity contribution in [2.45, 2.75) is 43.4 Å². The van der Waals surface area contributed by atoms with E-state index in [4.69, 9.17) is 12.2 Å². The van der Waals surface area contributed by atoms with Crippen molar-refractivity contribution in [2.75, 3.05) is 50.7 Å². The van der Waals surface area contributed by atoms with Gasteiger partial charge in [-0.1, -0.05) is 36.5 Å². The summed E-state index contributed by atoms with van der Waals surface area (Å²) in [5.74, 6) is 0. The van der Waals surface area contributed by atoms with Crippen molar-refractivity contribution in [3.05, 3.63) is 53.0 Å². The van der Waals surface area contributed by atoms with Crippen molar-refractivity contribution >= 4 is 32.8 Å². The SMILES string of the molecule is C[C@@](O)(c1ccc(N2CCN(S(=O)(=O)C3=CC=CCC3=S)C[C@@H]2CN2CCN[C@H](C(F)(F)F)C2)cc1)C(F)(F)F. The van der Waals surface area contributed by atoms with Crippen LogP contribution in [-0.4, -0.2) is 97.8 Å². The molecule has 2 heterocycles. The molecule has 2 fully saturated rings. The fourth-order valence-corrected chi connectivity index (χ4v) is 7.14. The van der Waals surface area contributed by atoms with Crippen LogP contribution in [0.15, 0.2) is 47.4 Å². The Morgan fingerprint density at radius 3 is 2.33 bits per heavy atom. The van der Waals surface area contributed by atoms with Gasteiger partial charge in [0.15, 0.2) is 5.60 Å². The Bertz CT molecular complexity index is 1260. The standard InChI is InChI=1S/C25H30F6N4O3S2/c1-23(36,25(29,30)31)17-6-8-18(9-7-17)35-13-12-34(40(37,38)21-5-3-2-4-20(21)39)15-19(35)14-33-11-10-32-22(16-33)24(26,27)28/h2-3,5-9,19,22,32,36H,4,10-16H2,1H3/t19-,22-,23+/m0/s1. The molecule has 0 saturated carbocycles. The van der Waals surface area contributed by atoms with E-state index in [-0.39, 0.29) is 54.6 Å². The van der Waals surface area contributed by atoms with Gasteiger partial charge in [-0.2, -0.15) is 30.6 Å². The Hall–Kier alpha value is -2.04. The van der Waals surface area contributed by atoms with Gasteiger partial charge in [0.1, 0.15) is 6.04 Å². The quantitative estimate of drug-likeness (QED) is 0.377. The Kier molecular flexibility index (Phi) is 8.75. The molecule has 40 heavy (non-hydrogen) atoms. The van der Waals surface area contributed by atoms with Crippen molar-refractivity contribution in [1.82, 2.24) is 14.5 Å². The van der Waals surface area contributed by atoms with Gasteiger partial charge in [-0.05, 0) is 30.7 Å². The van der Waals surface area contributed by atoms with E-state index in [2.05, 4.69) is 5.32 Å². The molecule has 7 nitrogen and oxygen atoms in total. The number of hydrogen-bond donors (Lipinski definition) is 2. The van der Waals surface area contributed by atoms with Gasteiger partial charge >= 0.3 is 12.4 Å². The first-order valence-corrected chi connectivity index (χ1v) is 14.5. The number of piperazine rings is 2. The average molecular weight is 613 g/mol. The molecule has 0 unspecified atom stereocenters. The maximum Gasteiger partial charge on any atom is 0.421 e. The molecule has 2 N–H and O–H groups in total. The van der Waals surface area contributed by atoms with Crippen molar-refractivity contribution in [3.63, 3.8) is 0 Å². The summed E-state index contributed by atoms with van der Waals surface area (Å²) in [6, 6.07) is 2.73. The van der Waals surface area contributed by atoms with Gasteiger partial charge in [0.05, 0.1) is 10.9 Å². The fraction of sp³-hybridized carbons (Fsp3) is 0.560. The second-order valence-electron chi connectivity index (χ2n) is 10.2. The summed E-state index contributed by atoms with van der Waals surface area (Å²) < 4.78 is 108. The molecule has 4 rings (SSSR count). The molecular formula is C25H30F6N4O3S2. The molecule has 222 valence electrons. The van der Waals surface area contributed by atoms with Crippen LogP contribution in [-0.2, 0) is 15.6 Å². The minimum Gasteiger partial charge on any atom is -0.376 e. The van der Waals surface area contributed by atoms with Crippen LogP contribution in [0.3, 0.4) is 0 Å². The number of sulfonamides is 1. The molecule has 2 saturated heterocycles. The maximum atomic E-state index is 13.5. The lowest BCUT2D eigenvalue weighted by molar-refractivity contribution is -0.258. The fourth-order valence-electron chi connectivity index (χ4n) is 5.07. The molecule has 1 aromatic carbocycles. The molecule has 3 aliphatic rings. The zero-order chi connectivity index (χ0) is 29.5.